The second-order valence-electron chi connectivity index (χ2n) is 8.49. The Morgan fingerprint density at radius 1 is 1.00 bits per heavy atom. The number of aliphatic carboxylic acids is 1. The van der Waals surface area contributed by atoms with Crippen LogP contribution in [0.15, 0.2) is 0 Å². The van der Waals surface area contributed by atoms with Gasteiger partial charge in [0.25, 0.3) is 0 Å². The molecule has 0 aromatic carbocycles. The molecular weight excluding hydrogens is 376 g/mol. The van der Waals surface area contributed by atoms with Gasteiger partial charge in [-0.05, 0) is 25.2 Å². The molecule has 1 saturated heterocycles. The van der Waals surface area contributed by atoms with Crippen LogP contribution in [0.25, 0.3) is 0 Å². The summed E-state index contributed by atoms with van der Waals surface area (Å²) in [6.07, 6.45) is 6.69. The second kappa shape index (κ2) is 15.1. The smallest absolute Gasteiger partial charge is 0.309 e. The van der Waals surface area contributed by atoms with Gasteiger partial charge in [0.2, 0.25) is 0 Å². The first kappa shape index (κ1) is 26.3. The zero-order chi connectivity index (χ0) is 21.6. The fourth-order valence-corrected chi connectivity index (χ4v) is 4.39. The highest BCUT2D eigenvalue weighted by Gasteiger charge is 2.43. The number of hydrogen-bond donors (Lipinski definition) is 5. The molecule has 0 amide bonds. The number of carboxylic acid groups (broad SMARTS) is 1. The number of aliphatic hydroxyl groups excluding tert-OH is 4. The molecule has 0 spiro atoms. The summed E-state index contributed by atoms with van der Waals surface area (Å²) in [5, 5.41) is 50.6. The van der Waals surface area contributed by atoms with Gasteiger partial charge < -0.3 is 30.3 Å². The number of hydrogen-bond acceptors (Lipinski definition) is 6. The lowest BCUT2D eigenvalue weighted by molar-refractivity contribution is -0.159. The average Bonchev–Trinajstić information content (AvgIpc) is 2.72. The van der Waals surface area contributed by atoms with Crippen molar-refractivity contribution in [1.29, 1.82) is 0 Å². The van der Waals surface area contributed by atoms with Crippen LogP contribution in [0.1, 0.15) is 77.6 Å². The van der Waals surface area contributed by atoms with Crippen LogP contribution < -0.4 is 0 Å². The van der Waals surface area contributed by atoms with Gasteiger partial charge in [0.1, 0.15) is 6.10 Å². The highest BCUT2D eigenvalue weighted by Crippen LogP contribution is 2.33. The Balaban J connectivity index is 2.53. The van der Waals surface area contributed by atoms with Crippen molar-refractivity contribution in [3.8, 4) is 0 Å². The Morgan fingerprint density at radius 3 is 2.14 bits per heavy atom. The summed E-state index contributed by atoms with van der Waals surface area (Å²) >= 11 is 0. The summed E-state index contributed by atoms with van der Waals surface area (Å²) in [6, 6.07) is 0. The molecule has 1 rings (SSSR count). The Labute approximate surface area is 175 Å². The summed E-state index contributed by atoms with van der Waals surface area (Å²) in [5.74, 6) is -3.58. The molecule has 1 unspecified atom stereocenters. The lowest BCUT2D eigenvalue weighted by Gasteiger charge is -2.39. The van der Waals surface area contributed by atoms with E-state index in [1.807, 2.05) is 0 Å². The third-order valence-corrected chi connectivity index (χ3v) is 6.21. The van der Waals surface area contributed by atoms with Crippen LogP contribution in [0, 0.1) is 17.8 Å². The summed E-state index contributed by atoms with van der Waals surface area (Å²) < 4.78 is 5.42. The van der Waals surface area contributed by atoms with E-state index in [1.54, 1.807) is 0 Å². The molecule has 0 saturated carbocycles. The Morgan fingerprint density at radius 2 is 1.62 bits per heavy atom. The first-order valence-corrected chi connectivity index (χ1v) is 11.4. The molecule has 5 N–H and O–H groups in total. The Hall–Kier alpha value is -0.730. The Kier molecular flexibility index (Phi) is 13.7. The van der Waals surface area contributed by atoms with Gasteiger partial charge in [-0.3, -0.25) is 4.79 Å². The lowest BCUT2D eigenvalue weighted by Crippen LogP contribution is -2.50. The van der Waals surface area contributed by atoms with E-state index >= 15 is 0 Å². The van der Waals surface area contributed by atoms with E-state index in [2.05, 4.69) is 6.92 Å². The molecule has 1 aliphatic heterocycles. The van der Waals surface area contributed by atoms with Crippen LogP contribution in [0.3, 0.4) is 0 Å². The highest BCUT2D eigenvalue weighted by atomic mass is 16.5. The number of carbonyl (C=O) groups is 1. The maximum atomic E-state index is 11.6. The predicted molar refractivity (Wildman–Crippen MR) is 110 cm³/mol. The zero-order valence-corrected chi connectivity index (χ0v) is 17.9. The van der Waals surface area contributed by atoms with Crippen molar-refractivity contribution in [3.63, 3.8) is 0 Å². The molecule has 1 fully saturated rings. The van der Waals surface area contributed by atoms with E-state index in [4.69, 9.17) is 4.74 Å². The number of rotatable bonds is 16. The van der Waals surface area contributed by atoms with Crippen molar-refractivity contribution in [2.24, 2.45) is 17.8 Å². The molecule has 0 bridgehead atoms. The lowest BCUT2D eigenvalue weighted by atomic mass is 9.73. The van der Waals surface area contributed by atoms with Gasteiger partial charge >= 0.3 is 5.97 Å². The molecule has 7 heteroatoms. The largest absolute Gasteiger partial charge is 0.481 e. The fourth-order valence-electron chi connectivity index (χ4n) is 4.39. The van der Waals surface area contributed by atoms with E-state index in [1.165, 1.54) is 32.1 Å². The number of aliphatic hydroxyl groups is 4. The van der Waals surface area contributed by atoms with Crippen LogP contribution in [-0.2, 0) is 9.53 Å². The van der Waals surface area contributed by atoms with Gasteiger partial charge in [0.05, 0.1) is 24.7 Å². The van der Waals surface area contributed by atoms with Crippen molar-refractivity contribution in [2.75, 3.05) is 19.8 Å². The van der Waals surface area contributed by atoms with Crippen molar-refractivity contribution in [3.05, 3.63) is 0 Å². The molecule has 1 heterocycles. The van der Waals surface area contributed by atoms with Gasteiger partial charge in [-0.25, -0.2) is 0 Å². The van der Waals surface area contributed by atoms with Crippen molar-refractivity contribution in [2.45, 2.75) is 95.9 Å². The predicted octanol–water partition coefficient (Wildman–Crippen LogP) is 2.34. The molecule has 172 valence electrons. The molecule has 0 radical (unpaired) electrons. The van der Waals surface area contributed by atoms with Gasteiger partial charge in [-0.2, -0.15) is 0 Å². The molecule has 0 aliphatic carbocycles. The first-order chi connectivity index (χ1) is 13.9. The van der Waals surface area contributed by atoms with Crippen LogP contribution >= 0.6 is 0 Å². The van der Waals surface area contributed by atoms with Crippen molar-refractivity contribution in [1.82, 2.24) is 0 Å². The fraction of sp³-hybridized carbons (Fsp3) is 0.955. The highest BCUT2D eigenvalue weighted by molar-refractivity contribution is 5.70. The van der Waals surface area contributed by atoms with Crippen molar-refractivity contribution >= 4 is 5.97 Å². The Bertz CT molecular complexity index is 425. The number of ether oxygens (including phenoxy) is 1. The normalized spacial score (nSPS) is 22.6. The molecular formula is C22H42O7. The van der Waals surface area contributed by atoms with E-state index in [0.29, 0.717) is 19.4 Å². The van der Waals surface area contributed by atoms with Crippen LogP contribution in [0.2, 0.25) is 0 Å². The SMILES string of the molecule is CCCCCCCCCCC(O)[C@@H](O)[C@H](O)[C@@H]([C@@H]1CCCOC1)[C@H](CO)C(=O)O. The minimum Gasteiger partial charge on any atom is -0.481 e. The molecule has 6 atom stereocenters. The molecule has 0 aromatic rings. The topological polar surface area (TPSA) is 127 Å². The molecule has 29 heavy (non-hydrogen) atoms. The third kappa shape index (κ3) is 9.30. The standard InChI is InChI=1S/C22H42O7/c1-2-3-4-5-6-7-8-9-12-18(24)20(25)21(26)19(17(14-23)22(27)28)16-11-10-13-29-15-16/h16-21,23-26H,2-15H2,1H3,(H,27,28)/t16-,17+,18?,19+,20-,21-/m1/s1. The van der Waals surface area contributed by atoms with Crippen LogP contribution in [0.5, 0.6) is 0 Å². The molecule has 7 nitrogen and oxygen atoms in total. The van der Waals surface area contributed by atoms with E-state index in [0.717, 1.165) is 25.7 Å². The molecule has 1 aliphatic rings. The maximum absolute atomic E-state index is 11.6. The number of unbranched alkanes of at least 4 members (excludes halogenated alkanes) is 7. The van der Waals surface area contributed by atoms with Crippen LogP contribution in [0.4, 0.5) is 0 Å². The van der Waals surface area contributed by atoms with Gasteiger partial charge in [0, 0.05) is 19.1 Å². The first-order valence-electron chi connectivity index (χ1n) is 11.4. The van der Waals surface area contributed by atoms with Gasteiger partial charge in [-0.15, -0.1) is 0 Å². The van der Waals surface area contributed by atoms with Crippen LogP contribution in [-0.4, -0.2) is 69.6 Å². The minimum absolute atomic E-state index is 0.281. The third-order valence-electron chi connectivity index (χ3n) is 6.21. The average molecular weight is 419 g/mol. The summed E-state index contributed by atoms with van der Waals surface area (Å²) in [5.41, 5.74) is 0. The second-order valence-corrected chi connectivity index (χ2v) is 8.49. The van der Waals surface area contributed by atoms with Gasteiger partial charge in [-0.1, -0.05) is 58.3 Å². The summed E-state index contributed by atoms with van der Waals surface area (Å²) in [6.45, 7) is 2.42. The zero-order valence-electron chi connectivity index (χ0n) is 17.9. The molecule has 0 aromatic heterocycles. The summed E-state index contributed by atoms with van der Waals surface area (Å²) in [7, 11) is 0. The number of carboxylic acids is 1. The quantitative estimate of drug-likeness (QED) is 0.243. The van der Waals surface area contributed by atoms with Crippen molar-refractivity contribution < 1.29 is 35.1 Å². The monoisotopic (exact) mass is 418 g/mol. The van der Waals surface area contributed by atoms with E-state index in [-0.39, 0.29) is 12.5 Å². The van der Waals surface area contributed by atoms with E-state index < -0.39 is 42.7 Å². The van der Waals surface area contributed by atoms with Gasteiger partial charge in [0.15, 0.2) is 0 Å². The minimum atomic E-state index is -1.44. The summed E-state index contributed by atoms with van der Waals surface area (Å²) in [4.78, 5) is 11.6. The maximum Gasteiger partial charge on any atom is 0.309 e. The van der Waals surface area contributed by atoms with E-state index in [9.17, 15) is 30.3 Å².